The largest absolute Gasteiger partial charge is 0.417 e. The first kappa shape index (κ1) is 24.7. The molecule has 0 bridgehead atoms. The normalized spacial score (nSPS) is 20.1. The van der Waals surface area contributed by atoms with Crippen LogP contribution in [0, 0.1) is 22.7 Å². The quantitative estimate of drug-likeness (QED) is 0.714. The van der Waals surface area contributed by atoms with Crippen molar-refractivity contribution in [3.05, 3.63) is 29.3 Å². The van der Waals surface area contributed by atoms with Gasteiger partial charge in [0.05, 0.1) is 17.2 Å². The van der Waals surface area contributed by atoms with Crippen LogP contribution in [0.5, 0.6) is 0 Å². The van der Waals surface area contributed by atoms with Crippen molar-refractivity contribution in [1.82, 2.24) is 15.5 Å². The molecule has 2 aliphatic rings. The van der Waals surface area contributed by atoms with Gasteiger partial charge in [-0.05, 0) is 48.8 Å². The second-order valence-corrected chi connectivity index (χ2v) is 9.37. The summed E-state index contributed by atoms with van der Waals surface area (Å²) in [7, 11) is 1.51. The highest BCUT2D eigenvalue weighted by atomic mass is 19.4. The third kappa shape index (κ3) is 5.34. The minimum atomic E-state index is -4.67. The summed E-state index contributed by atoms with van der Waals surface area (Å²) in [5.74, 6) is 0.0812. The number of carbonyl (C=O) groups excluding carboxylic acids is 2. The van der Waals surface area contributed by atoms with Gasteiger partial charge in [-0.25, -0.2) is 4.79 Å². The molecule has 1 aromatic rings. The lowest BCUT2D eigenvalue weighted by Crippen LogP contribution is -2.48. The molecule has 2 heterocycles. The number of rotatable bonds is 4. The monoisotopic (exact) mass is 465 g/mol. The minimum Gasteiger partial charge on any atom is -0.359 e. The zero-order valence-corrected chi connectivity index (χ0v) is 19.1. The van der Waals surface area contributed by atoms with Crippen LogP contribution in [0.2, 0.25) is 0 Å². The van der Waals surface area contributed by atoms with Crippen molar-refractivity contribution in [3.8, 4) is 6.07 Å². The van der Waals surface area contributed by atoms with E-state index in [-0.39, 0.29) is 23.0 Å². The molecule has 0 aliphatic carbocycles. The molecule has 2 fully saturated rings. The lowest BCUT2D eigenvalue weighted by Gasteiger charge is -2.39. The average molecular weight is 466 g/mol. The van der Waals surface area contributed by atoms with E-state index in [0.717, 1.165) is 12.1 Å². The van der Waals surface area contributed by atoms with E-state index in [4.69, 9.17) is 5.26 Å². The first-order chi connectivity index (χ1) is 15.5. The summed E-state index contributed by atoms with van der Waals surface area (Å²) in [5.41, 5.74) is -1.46. The summed E-state index contributed by atoms with van der Waals surface area (Å²) in [6, 6.07) is 4.45. The molecule has 1 atom stereocenters. The number of likely N-dealkylation sites (tertiary alicyclic amines) is 1. The predicted molar refractivity (Wildman–Crippen MR) is 117 cm³/mol. The number of hydrogen-bond acceptors (Lipinski definition) is 4. The number of alkyl halides is 3. The van der Waals surface area contributed by atoms with E-state index < -0.39 is 23.3 Å². The number of amides is 3. The molecule has 7 nitrogen and oxygen atoms in total. The molecule has 0 radical (unpaired) electrons. The Hall–Kier alpha value is -2.96. The van der Waals surface area contributed by atoms with Crippen molar-refractivity contribution in [2.24, 2.45) is 11.3 Å². The highest BCUT2D eigenvalue weighted by Crippen LogP contribution is 2.46. The Bertz CT molecular complexity index is 933. The van der Waals surface area contributed by atoms with Crippen molar-refractivity contribution in [1.29, 1.82) is 5.26 Å². The van der Waals surface area contributed by atoms with Crippen LogP contribution >= 0.6 is 0 Å². The van der Waals surface area contributed by atoms with Crippen molar-refractivity contribution in [3.63, 3.8) is 0 Å². The molecular weight excluding hydrogens is 435 g/mol. The summed E-state index contributed by atoms with van der Waals surface area (Å²) in [4.78, 5) is 28.5. The number of piperidine rings is 1. The second kappa shape index (κ2) is 9.49. The van der Waals surface area contributed by atoms with Crippen LogP contribution in [-0.2, 0) is 11.0 Å². The third-order valence-electron chi connectivity index (χ3n) is 6.59. The van der Waals surface area contributed by atoms with Gasteiger partial charge in [0, 0.05) is 38.9 Å². The number of nitrogens with one attached hydrogen (secondary N) is 2. The van der Waals surface area contributed by atoms with Gasteiger partial charge in [0.1, 0.15) is 6.04 Å². The number of likely N-dealkylation sites (N-methyl/N-ethyl adjacent to an activating group) is 1. The van der Waals surface area contributed by atoms with E-state index in [1.54, 1.807) is 15.9 Å². The molecular formula is C23H30F3N5O2. The highest BCUT2D eigenvalue weighted by molar-refractivity contribution is 5.86. The molecule has 3 amide bonds. The van der Waals surface area contributed by atoms with Gasteiger partial charge in [-0.1, -0.05) is 13.8 Å². The molecule has 180 valence electrons. The van der Waals surface area contributed by atoms with Gasteiger partial charge in [-0.2, -0.15) is 18.4 Å². The standard InChI is InChI=1S/C23H30F3N5O2/c1-15(2)13-29-21(33)30-8-6-22(7-9-30)11-19(20(32)28-3)31(14-22)17-5-4-16(12-27)18(10-17)23(24,25)26/h4-5,10,15,19H,6-9,11,13-14H2,1-3H3,(H,28,32)(H,29,33). The lowest BCUT2D eigenvalue weighted by atomic mass is 9.76. The molecule has 2 aliphatic heterocycles. The fourth-order valence-corrected chi connectivity index (χ4v) is 4.72. The number of benzene rings is 1. The zero-order chi connectivity index (χ0) is 24.4. The Balaban J connectivity index is 1.82. The first-order valence-corrected chi connectivity index (χ1v) is 11.1. The van der Waals surface area contributed by atoms with Crippen molar-refractivity contribution in [2.45, 2.75) is 45.3 Å². The van der Waals surface area contributed by atoms with Gasteiger partial charge in [-0.3, -0.25) is 4.79 Å². The topological polar surface area (TPSA) is 88.5 Å². The van der Waals surface area contributed by atoms with Crippen LogP contribution in [-0.4, -0.2) is 56.1 Å². The molecule has 0 saturated carbocycles. The predicted octanol–water partition coefficient (Wildman–Crippen LogP) is 3.35. The van der Waals surface area contributed by atoms with Gasteiger partial charge in [0.2, 0.25) is 5.91 Å². The summed E-state index contributed by atoms with van der Waals surface area (Å²) in [6.45, 7) is 6.09. The molecule has 1 aromatic carbocycles. The number of urea groups is 1. The van der Waals surface area contributed by atoms with Crippen LogP contribution < -0.4 is 15.5 Å². The Morgan fingerprint density at radius 2 is 1.94 bits per heavy atom. The highest BCUT2D eigenvalue weighted by Gasteiger charge is 2.48. The number of carbonyl (C=O) groups is 2. The molecule has 2 N–H and O–H groups in total. The Morgan fingerprint density at radius 1 is 1.27 bits per heavy atom. The van der Waals surface area contributed by atoms with Gasteiger partial charge in [0.25, 0.3) is 0 Å². The summed E-state index contributed by atoms with van der Waals surface area (Å²) < 4.78 is 40.5. The van der Waals surface area contributed by atoms with Gasteiger partial charge < -0.3 is 20.4 Å². The maximum absolute atomic E-state index is 13.5. The zero-order valence-electron chi connectivity index (χ0n) is 19.1. The number of anilines is 1. The van der Waals surface area contributed by atoms with E-state index in [1.807, 2.05) is 13.8 Å². The Morgan fingerprint density at radius 3 is 2.48 bits per heavy atom. The number of halogens is 3. The summed E-state index contributed by atoms with van der Waals surface area (Å²) in [5, 5.41) is 14.6. The van der Waals surface area contributed by atoms with Crippen molar-refractivity contribution < 1.29 is 22.8 Å². The molecule has 10 heteroatoms. The molecule has 33 heavy (non-hydrogen) atoms. The van der Waals surface area contributed by atoms with Crippen molar-refractivity contribution >= 4 is 17.6 Å². The fraction of sp³-hybridized carbons (Fsp3) is 0.609. The SMILES string of the molecule is CNC(=O)C1CC2(CCN(C(=O)NCC(C)C)CC2)CN1c1ccc(C#N)c(C(F)(F)F)c1. The van der Waals surface area contributed by atoms with Crippen LogP contribution in [0.1, 0.15) is 44.2 Å². The van der Waals surface area contributed by atoms with Crippen LogP contribution in [0.15, 0.2) is 18.2 Å². The fourth-order valence-electron chi connectivity index (χ4n) is 4.72. The van der Waals surface area contributed by atoms with Gasteiger partial charge in [-0.15, -0.1) is 0 Å². The van der Waals surface area contributed by atoms with E-state index in [1.165, 1.54) is 13.1 Å². The average Bonchev–Trinajstić information content (AvgIpc) is 3.15. The molecule has 0 aromatic heterocycles. The van der Waals surface area contributed by atoms with Crippen LogP contribution in [0.4, 0.5) is 23.7 Å². The molecule has 1 unspecified atom stereocenters. The number of nitriles is 1. The maximum Gasteiger partial charge on any atom is 0.417 e. The van der Waals surface area contributed by atoms with E-state index in [0.29, 0.717) is 51.4 Å². The van der Waals surface area contributed by atoms with Gasteiger partial charge >= 0.3 is 12.2 Å². The maximum atomic E-state index is 13.5. The molecule has 2 saturated heterocycles. The second-order valence-electron chi connectivity index (χ2n) is 9.37. The Kier molecular flexibility index (Phi) is 7.10. The van der Waals surface area contributed by atoms with E-state index in [9.17, 15) is 22.8 Å². The van der Waals surface area contributed by atoms with E-state index >= 15 is 0 Å². The van der Waals surface area contributed by atoms with Crippen molar-refractivity contribution in [2.75, 3.05) is 38.1 Å². The molecule has 3 rings (SSSR count). The molecule has 1 spiro atoms. The minimum absolute atomic E-state index is 0.113. The lowest BCUT2D eigenvalue weighted by molar-refractivity contribution is -0.137. The number of hydrogen-bond donors (Lipinski definition) is 2. The smallest absolute Gasteiger partial charge is 0.359 e. The van der Waals surface area contributed by atoms with E-state index in [2.05, 4.69) is 10.6 Å². The Labute approximate surface area is 191 Å². The number of nitrogens with zero attached hydrogens (tertiary/aromatic N) is 3. The van der Waals surface area contributed by atoms with Crippen LogP contribution in [0.3, 0.4) is 0 Å². The third-order valence-corrected chi connectivity index (χ3v) is 6.59. The first-order valence-electron chi connectivity index (χ1n) is 11.1. The summed E-state index contributed by atoms with van der Waals surface area (Å²) in [6.07, 6.45) is -2.85. The summed E-state index contributed by atoms with van der Waals surface area (Å²) >= 11 is 0. The van der Waals surface area contributed by atoms with Crippen LogP contribution in [0.25, 0.3) is 0 Å². The van der Waals surface area contributed by atoms with Gasteiger partial charge in [0.15, 0.2) is 0 Å².